The summed E-state index contributed by atoms with van der Waals surface area (Å²) in [6.45, 7) is 3.94. The lowest BCUT2D eigenvalue weighted by molar-refractivity contribution is -0.138. The molecule has 1 aromatic carbocycles. The van der Waals surface area contributed by atoms with Crippen LogP contribution in [-0.2, 0) is 6.18 Å². The molecule has 0 fully saturated rings. The Kier molecular flexibility index (Phi) is 5.35. The SMILES string of the molecule is CCC(CC)CC(N)c1cc(F)ccc1C(F)(F)F. The van der Waals surface area contributed by atoms with Crippen molar-refractivity contribution in [2.24, 2.45) is 11.7 Å². The molecule has 5 heteroatoms. The molecule has 0 saturated heterocycles. The molecule has 1 atom stereocenters. The van der Waals surface area contributed by atoms with Crippen LogP contribution in [0.1, 0.15) is 50.3 Å². The normalized spacial score (nSPS) is 13.9. The van der Waals surface area contributed by atoms with E-state index in [1.807, 2.05) is 13.8 Å². The molecule has 0 aromatic heterocycles. The summed E-state index contributed by atoms with van der Waals surface area (Å²) < 4.78 is 51.8. The van der Waals surface area contributed by atoms with Gasteiger partial charge in [-0.25, -0.2) is 4.39 Å². The van der Waals surface area contributed by atoms with Gasteiger partial charge in [-0.15, -0.1) is 0 Å². The average Bonchev–Trinajstić information content (AvgIpc) is 2.34. The molecule has 1 rings (SSSR count). The Hall–Kier alpha value is -1.10. The summed E-state index contributed by atoms with van der Waals surface area (Å²) in [5.74, 6) is -0.442. The van der Waals surface area contributed by atoms with Crippen LogP contribution in [0.2, 0.25) is 0 Å². The molecule has 0 aliphatic carbocycles. The smallest absolute Gasteiger partial charge is 0.324 e. The van der Waals surface area contributed by atoms with E-state index in [1.165, 1.54) is 0 Å². The Labute approximate surface area is 110 Å². The zero-order valence-corrected chi connectivity index (χ0v) is 11.1. The summed E-state index contributed by atoms with van der Waals surface area (Å²) in [4.78, 5) is 0. The van der Waals surface area contributed by atoms with Gasteiger partial charge in [-0.2, -0.15) is 13.2 Å². The topological polar surface area (TPSA) is 26.0 Å². The van der Waals surface area contributed by atoms with Crippen LogP contribution in [-0.4, -0.2) is 0 Å². The molecule has 0 heterocycles. The number of rotatable bonds is 5. The number of hydrogen-bond donors (Lipinski definition) is 1. The van der Waals surface area contributed by atoms with E-state index in [4.69, 9.17) is 5.73 Å². The average molecular weight is 277 g/mol. The van der Waals surface area contributed by atoms with Gasteiger partial charge in [-0.3, -0.25) is 0 Å². The lowest BCUT2D eigenvalue weighted by atomic mass is 9.89. The molecule has 2 N–H and O–H groups in total. The number of hydrogen-bond acceptors (Lipinski definition) is 1. The number of halogens is 4. The predicted molar refractivity (Wildman–Crippen MR) is 67.0 cm³/mol. The van der Waals surface area contributed by atoms with E-state index >= 15 is 0 Å². The Morgan fingerprint density at radius 2 is 1.74 bits per heavy atom. The molecule has 0 radical (unpaired) electrons. The van der Waals surface area contributed by atoms with E-state index in [2.05, 4.69) is 0 Å². The van der Waals surface area contributed by atoms with E-state index in [-0.39, 0.29) is 11.5 Å². The highest BCUT2D eigenvalue weighted by atomic mass is 19.4. The van der Waals surface area contributed by atoms with Crippen LogP contribution in [0, 0.1) is 11.7 Å². The van der Waals surface area contributed by atoms with E-state index < -0.39 is 23.6 Å². The molecule has 19 heavy (non-hydrogen) atoms. The predicted octanol–water partition coefficient (Wildman–Crippen LogP) is 4.67. The lowest BCUT2D eigenvalue weighted by Crippen LogP contribution is -2.20. The van der Waals surface area contributed by atoms with E-state index in [0.717, 1.165) is 31.0 Å². The van der Waals surface area contributed by atoms with Crippen molar-refractivity contribution < 1.29 is 17.6 Å². The number of alkyl halides is 3. The van der Waals surface area contributed by atoms with E-state index in [0.29, 0.717) is 6.42 Å². The van der Waals surface area contributed by atoms with Crippen LogP contribution in [0.5, 0.6) is 0 Å². The first-order valence-electron chi connectivity index (χ1n) is 6.41. The van der Waals surface area contributed by atoms with Crippen LogP contribution in [0.3, 0.4) is 0 Å². The zero-order valence-electron chi connectivity index (χ0n) is 11.1. The monoisotopic (exact) mass is 277 g/mol. The summed E-state index contributed by atoms with van der Waals surface area (Å²) in [7, 11) is 0. The van der Waals surface area contributed by atoms with Gasteiger partial charge in [0.2, 0.25) is 0 Å². The van der Waals surface area contributed by atoms with Crippen LogP contribution in [0.25, 0.3) is 0 Å². The second-order valence-electron chi connectivity index (χ2n) is 4.75. The minimum absolute atomic E-state index is 0.153. The summed E-state index contributed by atoms with van der Waals surface area (Å²) >= 11 is 0. The van der Waals surface area contributed by atoms with Crippen molar-refractivity contribution in [1.82, 2.24) is 0 Å². The zero-order chi connectivity index (χ0) is 14.6. The van der Waals surface area contributed by atoms with Gasteiger partial charge < -0.3 is 5.73 Å². The van der Waals surface area contributed by atoms with Gasteiger partial charge in [-0.05, 0) is 36.1 Å². The van der Waals surface area contributed by atoms with Crippen molar-refractivity contribution in [1.29, 1.82) is 0 Å². The van der Waals surface area contributed by atoms with Crippen molar-refractivity contribution in [3.63, 3.8) is 0 Å². The van der Waals surface area contributed by atoms with Crippen molar-refractivity contribution in [2.75, 3.05) is 0 Å². The van der Waals surface area contributed by atoms with Crippen molar-refractivity contribution in [3.8, 4) is 0 Å². The summed E-state index contributed by atoms with van der Waals surface area (Å²) in [6, 6.07) is 1.68. The molecular formula is C14H19F4N. The molecule has 1 aromatic rings. The third kappa shape index (κ3) is 4.20. The fourth-order valence-corrected chi connectivity index (χ4v) is 2.21. The Morgan fingerprint density at radius 3 is 2.21 bits per heavy atom. The third-order valence-corrected chi connectivity index (χ3v) is 3.46. The van der Waals surface area contributed by atoms with Crippen LogP contribution in [0.4, 0.5) is 17.6 Å². The minimum Gasteiger partial charge on any atom is -0.324 e. The van der Waals surface area contributed by atoms with Gasteiger partial charge in [0.25, 0.3) is 0 Å². The third-order valence-electron chi connectivity index (χ3n) is 3.46. The van der Waals surface area contributed by atoms with Gasteiger partial charge in [0.1, 0.15) is 5.82 Å². The van der Waals surface area contributed by atoms with Crippen LogP contribution < -0.4 is 5.73 Å². The molecule has 1 nitrogen and oxygen atoms in total. The summed E-state index contributed by atoms with van der Waals surface area (Å²) in [5, 5.41) is 0. The molecule has 1 unspecified atom stereocenters. The van der Waals surface area contributed by atoms with Crippen molar-refractivity contribution >= 4 is 0 Å². The molecule has 108 valence electrons. The maximum Gasteiger partial charge on any atom is 0.416 e. The van der Waals surface area contributed by atoms with E-state index in [9.17, 15) is 17.6 Å². The number of nitrogens with two attached hydrogens (primary N) is 1. The lowest BCUT2D eigenvalue weighted by Gasteiger charge is -2.22. The molecule has 0 aliphatic rings. The first kappa shape index (κ1) is 16.0. The molecule has 0 amide bonds. The summed E-state index contributed by atoms with van der Waals surface area (Å²) in [6.07, 6.45) is -2.38. The fourth-order valence-electron chi connectivity index (χ4n) is 2.21. The second kappa shape index (κ2) is 6.37. The Balaban J connectivity index is 3.07. The van der Waals surface area contributed by atoms with Gasteiger partial charge in [0.15, 0.2) is 0 Å². The standard InChI is InChI=1S/C14H19F4N/c1-3-9(4-2)7-13(19)11-8-10(15)5-6-12(11)14(16,17)18/h5-6,8-9,13H,3-4,7,19H2,1-2H3. The number of benzene rings is 1. The Bertz CT molecular complexity index is 410. The molecule has 0 aliphatic heterocycles. The van der Waals surface area contributed by atoms with Crippen molar-refractivity contribution in [3.05, 3.63) is 35.1 Å². The first-order valence-corrected chi connectivity index (χ1v) is 6.41. The molecule has 0 saturated carbocycles. The summed E-state index contributed by atoms with van der Waals surface area (Å²) in [5.41, 5.74) is 4.85. The van der Waals surface area contributed by atoms with Gasteiger partial charge in [0, 0.05) is 6.04 Å². The molecule has 0 spiro atoms. The van der Waals surface area contributed by atoms with Gasteiger partial charge in [0.05, 0.1) is 5.56 Å². The largest absolute Gasteiger partial charge is 0.416 e. The second-order valence-corrected chi connectivity index (χ2v) is 4.75. The van der Waals surface area contributed by atoms with Gasteiger partial charge in [-0.1, -0.05) is 26.7 Å². The minimum atomic E-state index is -4.51. The highest BCUT2D eigenvalue weighted by Gasteiger charge is 2.35. The Morgan fingerprint density at radius 1 is 1.16 bits per heavy atom. The first-order chi connectivity index (χ1) is 8.79. The maximum atomic E-state index is 13.2. The molecule has 0 bridgehead atoms. The van der Waals surface area contributed by atoms with Crippen molar-refractivity contribution in [2.45, 2.75) is 45.3 Å². The maximum absolute atomic E-state index is 13.2. The highest BCUT2D eigenvalue weighted by Crippen LogP contribution is 2.36. The van der Waals surface area contributed by atoms with Gasteiger partial charge >= 0.3 is 6.18 Å². The highest BCUT2D eigenvalue weighted by molar-refractivity contribution is 5.33. The van der Waals surface area contributed by atoms with Crippen LogP contribution >= 0.6 is 0 Å². The van der Waals surface area contributed by atoms with Crippen LogP contribution in [0.15, 0.2) is 18.2 Å². The fraction of sp³-hybridized carbons (Fsp3) is 0.571. The quantitative estimate of drug-likeness (QED) is 0.777. The molecular weight excluding hydrogens is 258 g/mol. The van der Waals surface area contributed by atoms with E-state index in [1.54, 1.807) is 0 Å².